The van der Waals surface area contributed by atoms with Crippen LogP contribution in [0.4, 0.5) is 5.82 Å². The molecule has 0 aliphatic carbocycles. The van der Waals surface area contributed by atoms with Gasteiger partial charge in [-0.25, -0.2) is 9.97 Å². The number of nitrogens with zero attached hydrogens (tertiary/aromatic N) is 4. The molecule has 1 unspecified atom stereocenters. The molecule has 1 aliphatic rings. The third kappa shape index (κ3) is 4.48. The lowest BCUT2D eigenvalue weighted by Crippen LogP contribution is -2.20. The summed E-state index contributed by atoms with van der Waals surface area (Å²) in [5.74, 6) is -0.694. The molecule has 0 saturated heterocycles. The maximum atomic E-state index is 10.9. The zero-order valence-electron chi connectivity index (χ0n) is 15.3. The van der Waals surface area contributed by atoms with Crippen LogP contribution in [0.15, 0.2) is 40.5 Å². The first-order valence-corrected chi connectivity index (χ1v) is 9.29. The fourth-order valence-electron chi connectivity index (χ4n) is 2.61. The van der Waals surface area contributed by atoms with Gasteiger partial charge in [0, 0.05) is 22.8 Å². The van der Waals surface area contributed by atoms with Crippen LogP contribution in [-0.2, 0) is 9.53 Å². The minimum absolute atomic E-state index is 0.108. The van der Waals surface area contributed by atoms with Crippen LogP contribution in [0, 0.1) is 0 Å². The molecule has 1 atom stereocenters. The molecule has 2 aromatic rings. The van der Waals surface area contributed by atoms with Crippen LogP contribution in [0.25, 0.3) is 11.3 Å². The van der Waals surface area contributed by atoms with Crippen LogP contribution < -0.4 is 5.73 Å². The van der Waals surface area contributed by atoms with Crippen LogP contribution >= 0.6 is 11.8 Å². The second-order valence-corrected chi connectivity index (χ2v) is 7.97. The third-order valence-electron chi connectivity index (χ3n) is 3.74. The SMILES string of the molecule is CC(C)Sc1ccc(-c2cnc(N)c(C3OC(CC(=O)O)=NN3C)n2)cc1. The Labute approximate surface area is 161 Å². The molecule has 1 aliphatic heterocycles. The van der Waals surface area contributed by atoms with Crippen molar-refractivity contribution >= 4 is 29.4 Å². The summed E-state index contributed by atoms with van der Waals surface area (Å²) in [5.41, 5.74) is 7.95. The molecule has 0 amide bonds. The average Bonchev–Trinajstić information content (AvgIpc) is 2.95. The van der Waals surface area contributed by atoms with E-state index in [4.69, 9.17) is 15.6 Å². The molecular weight excluding hydrogens is 366 g/mol. The summed E-state index contributed by atoms with van der Waals surface area (Å²) in [7, 11) is 1.67. The zero-order valence-corrected chi connectivity index (χ0v) is 16.1. The van der Waals surface area contributed by atoms with E-state index in [1.807, 2.05) is 24.3 Å². The number of nitrogens with two attached hydrogens (primary N) is 1. The van der Waals surface area contributed by atoms with Crippen LogP contribution in [0.5, 0.6) is 0 Å². The molecule has 9 heteroatoms. The quantitative estimate of drug-likeness (QED) is 0.727. The van der Waals surface area contributed by atoms with Crippen molar-refractivity contribution in [1.82, 2.24) is 15.0 Å². The van der Waals surface area contributed by atoms with Gasteiger partial charge in [0.1, 0.15) is 12.1 Å². The first-order chi connectivity index (χ1) is 12.8. The number of carbonyl (C=O) groups is 1. The van der Waals surface area contributed by atoms with Crippen LogP contribution in [0.1, 0.15) is 32.2 Å². The molecule has 3 rings (SSSR count). The van der Waals surface area contributed by atoms with Gasteiger partial charge in [-0.15, -0.1) is 16.9 Å². The van der Waals surface area contributed by atoms with Gasteiger partial charge in [-0.3, -0.25) is 9.80 Å². The summed E-state index contributed by atoms with van der Waals surface area (Å²) in [6.45, 7) is 4.30. The Bertz CT molecular complexity index is 870. The summed E-state index contributed by atoms with van der Waals surface area (Å²) >= 11 is 1.79. The third-order valence-corrected chi connectivity index (χ3v) is 4.76. The first-order valence-electron chi connectivity index (χ1n) is 8.41. The highest BCUT2D eigenvalue weighted by Gasteiger charge is 2.31. The number of rotatable bonds is 6. The van der Waals surface area contributed by atoms with Crippen LogP contribution in [0.2, 0.25) is 0 Å². The molecular formula is C18H21N5O3S. The van der Waals surface area contributed by atoms with Gasteiger partial charge in [-0.05, 0) is 12.1 Å². The Balaban J connectivity index is 1.84. The van der Waals surface area contributed by atoms with Crippen molar-refractivity contribution in [3.05, 3.63) is 36.2 Å². The van der Waals surface area contributed by atoms with E-state index in [1.165, 1.54) is 9.90 Å². The van der Waals surface area contributed by atoms with Crippen molar-refractivity contribution < 1.29 is 14.6 Å². The number of hydrogen-bond donors (Lipinski definition) is 2. The van der Waals surface area contributed by atoms with Gasteiger partial charge in [0.05, 0.1) is 11.9 Å². The lowest BCUT2D eigenvalue weighted by atomic mass is 10.1. The van der Waals surface area contributed by atoms with Gasteiger partial charge < -0.3 is 15.6 Å². The first kappa shape index (κ1) is 19.0. The maximum Gasteiger partial charge on any atom is 0.312 e. The number of hydrazone groups is 1. The number of hydrogen-bond acceptors (Lipinski definition) is 8. The Morgan fingerprint density at radius 3 is 2.70 bits per heavy atom. The lowest BCUT2D eigenvalue weighted by molar-refractivity contribution is -0.135. The standard InChI is InChI=1S/C18H21N5O3S/c1-10(2)27-12-6-4-11(5-7-12)13-9-20-17(19)16(21-13)18-23(3)22-14(26-18)8-15(24)25/h4-7,9-10,18H,8H2,1-3H3,(H2,19,20)(H,24,25). The predicted molar refractivity (Wildman–Crippen MR) is 104 cm³/mol. The van der Waals surface area contributed by atoms with Gasteiger partial charge in [0.15, 0.2) is 5.82 Å². The highest BCUT2D eigenvalue weighted by atomic mass is 32.2. The topological polar surface area (TPSA) is 114 Å². The molecule has 8 nitrogen and oxygen atoms in total. The van der Waals surface area contributed by atoms with E-state index in [0.29, 0.717) is 16.6 Å². The number of aromatic nitrogens is 2. The number of benzene rings is 1. The largest absolute Gasteiger partial charge is 0.481 e. The normalized spacial score (nSPS) is 16.4. The maximum absolute atomic E-state index is 10.9. The molecule has 142 valence electrons. The van der Waals surface area contributed by atoms with E-state index in [-0.39, 0.29) is 18.1 Å². The van der Waals surface area contributed by atoms with Crippen molar-refractivity contribution in [1.29, 1.82) is 0 Å². The number of carboxylic acid groups (broad SMARTS) is 1. The molecule has 3 N–H and O–H groups in total. The van der Waals surface area contributed by atoms with Crippen molar-refractivity contribution in [3.8, 4) is 11.3 Å². The van der Waals surface area contributed by atoms with Crippen LogP contribution in [-0.4, -0.2) is 44.2 Å². The Morgan fingerprint density at radius 1 is 1.37 bits per heavy atom. The highest BCUT2D eigenvalue weighted by molar-refractivity contribution is 7.99. The smallest absolute Gasteiger partial charge is 0.312 e. The zero-order chi connectivity index (χ0) is 19.6. The minimum Gasteiger partial charge on any atom is -0.481 e. The second-order valence-electron chi connectivity index (χ2n) is 6.32. The van der Waals surface area contributed by atoms with E-state index in [0.717, 1.165) is 5.56 Å². The van der Waals surface area contributed by atoms with Gasteiger partial charge in [0.2, 0.25) is 12.1 Å². The molecule has 0 fully saturated rings. The molecule has 0 saturated carbocycles. The average molecular weight is 387 g/mol. The van der Waals surface area contributed by atoms with Crippen molar-refractivity contribution in [2.24, 2.45) is 5.10 Å². The fourth-order valence-corrected chi connectivity index (χ4v) is 3.44. The lowest BCUT2D eigenvalue weighted by Gasteiger charge is -2.18. The Kier molecular flexibility index (Phi) is 5.50. The van der Waals surface area contributed by atoms with E-state index >= 15 is 0 Å². The van der Waals surface area contributed by atoms with Crippen molar-refractivity contribution in [2.45, 2.75) is 36.6 Å². The molecule has 0 bridgehead atoms. The molecule has 0 spiro atoms. The van der Waals surface area contributed by atoms with Gasteiger partial charge in [0.25, 0.3) is 0 Å². The predicted octanol–water partition coefficient (Wildman–Crippen LogP) is 2.98. The second kappa shape index (κ2) is 7.83. The highest BCUT2D eigenvalue weighted by Crippen LogP contribution is 2.31. The van der Waals surface area contributed by atoms with Gasteiger partial charge in [-0.1, -0.05) is 26.0 Å². The summed E-state index contributed by atoms with van der Waals surface area (Å²) in [5, 5.41) is 15.0. The van der Waals surface area contributed by atoms with E-state index < -0.39 is 12.2 Å². The fraction of sp³-hybridized carbons (Fsp3) is 0.333. The summed E-state index contributed by atoms with van der Waals surface area (Å²) < 4.78 is 5.61. The monoisotopic (exact) mass is 387 g/mol. The Hall–Kier alpha value is -2.81. The van der Waals surface area contributed by atoms with Crippen LogP contribution in [0.3, 0.4) is 0 Å². The molecule has 1 aromatic heterocycles. The van der Waals surface area contributed by atoms with E-state index in [1.54, 1.807) is 25.0 Å². The minimum atomic E-state index is -1.02. The van der Waals surface area contributed by atoms with E-state index in [2.05, 4.69) is 28.9 Å². The summed E-state index contributed by atoms with van der Waals surface area (Å²) in [6, 6.07) is 8.06. The summed E-state index contributed by atoms with van der Waals surface area (Å²) in [4.78, 5) is 20.9. The molecule has 27 heavy (non-hydrogen) atoms. The molecule has 0 radical (unpaired) electrons. The van der Waals surface area contributed by atoms with Crippen molar-refractivity contribution in [3.63, 3.8) is 0 Å². The number of nitrogen functional groups attached to an aromatic ring is 1. The van der Waals surface area contributed by atoms with E-state index in [9.17, 15) is 4.79 Å². The number of thioether (sulfide) groups is 1. The molecule has 2 heterocycles. The Morgan fingerprint density at radius 2 is 2.07 bits per heavy atom. The number of carboxylic acids is 1. The summed E-state index contributed by atoms with van der Waals surface area (Å²) in [6.07, 6.45) is 0.600. The van der Waals surface area contributed by atoms with Gasteiger partial charge in [-0.2, -0.15) is 0 Å². The number of aliphatic carboxylic acids is 1. The van der Waals surface area contributed by atoms with Crippen molar-refractivity contribution in [2.75, 3.05) is 12.8 Å². The van der Waals surface area contributed by atoms with Gasteiger partial charge >= 0.3 is 5.97 Å². The number of anilines is 1. The number of ether oxygens (including phenoxy) is 1. The molecule has 1 aromatic carbocycles.